The Hall–Kier alpha value is -2.08. The number of ether oxygens (including phenoxy) is 1. The lowest BCUT2D eigenvalue weighted by Crippen LogP contribution is -2.49. The van der Waals surface area contributed by atoms with Gasteiger partial charge in [-0.25, -0.2) is 4.79 Å². The highest BCUT2D eigenvalue weighted by Crippen LogP contribution is 2.33. The second kappa shape index (κ2) is 5.96. The Morgan fingerprint density at radius 2 is 2.05 bits per heavy atom. The molecule has 1 saturated heterocycles. The molecular weight excluding hydrogens is 286 g/mol. The van der Waals surface area contributed by atoms with Gasteiger partial charge in [0, 0.05) is 12.3 Å². The van der Waals surface area contributed by atoms with E-state index in [1.165, 1.54) is 0 Å². The fourth-order valence-corrected chi connectivity index (χ4v) is 2.61. The van der Waals surface area contributed by atoms with Gasteiger partial charge in [-0.15, -0.1) is 0 Å². The zero-order chi connectivity index (χ0) is 16.5. The van der Waals surface area contributed by atoms with E-state index in [1.54, 1.807) is 19.1 Å². The van der Waals surface area contributed by atoms with Crippen molar-refractivity contribution < 1.29 is 24.5 Å². The number of carbonyl (C=O) groups is 2. The van der Waals surface area contributed by atoms with E-state index in [4.69, 9.17) is 4.74 Å². The molecule has 120 valence electrons. The summed E-state index contributed by atoms with van der Waals surface area (Å²) in [6.45, 7) is 5.84. The van der Waals surface area contributed by atoms with Gasteiger partial charge in [0.25, 0.3) is 5.91 Å². The van der Waals surface area contributed by atoms with Gasteiger partial charge in [0.15, 0.2) is 0 Å². The third-order valence-corrected chi connectivity index (χ3v) is 3.98. The summed E-state index contributed by atoms with van der Waals surface area (Å²) in [4.78, 5) is 23.9. The zero-order valence-corrected chi connectivity index (χ0v) is 13.0. The molecule has 1 fully saturated rings. The maximum absolute atomic E-state index is 12.4. The Kier molecular flexibility index (Phi) is 4.42. The molecule has 1 unspecified atom stereocenters. The second-order valence-corrected chi connectivity index (χ2v) is 5.92. The lowest BCUT2D eigenvalue weighted by atomic mass is 9.97. The Labute approximate surface area is 129 Å². The van der Waals surface area contributed by atoms with Crippen LogP contribution < -0.4 is 5.32 Å². The first kappa shape index (κ1) is 16.3. The van der Waals surface area contributed by atoms with E-state index >= 15 is 0 Å². The topological polar surface area (TPSA) is 95.9 Å². The van der Waals surface area contributed by atoms with Gasteiger partial charge >= 0.3 is 5.97 Å². The Morgan fingerprint density at radius 3 is 2.55 bits per heavy atom. The molecule has 6 nitrogen and oxygen atoms in total. The monoisotopic (exact) mass is 307 g/mol. The van der Waals surface area contributed by atoms with Crippen molar-refractivity contribution in [2.24, 2.45) is 0 Å². The number of benzene rings is 1. The van der Waals surface area contributed by atoms with E-state index in [1.807, 2.05) is 13.8 Å². The molecule has 0 radical (unpaired) electrons. The van der Waals surface area contributed by atoms with Gasteiger partial charge in [0.1, 0.15) is 5.75 Å². The van der Waals surface area contributed by atoms with Crippen LogP contribution in [0, 0.1) is 6.92 Å². The lowest BCUT2D eigenvalue weighted by Gasteiger charge is -2.23. The molecule has 0 aromatic heterocycles. The molecule has 22 heavy (non-hydrogen) atoms. The number of carboxylic acid groups (broad SMARTS) is 1. The molecule has 0 saturated carbocycles. The third-order valence-electron chi connectivity index (χ3n) is 3.98. The van der Waals surface area contributed by atoms with Crippen molar-refractivity contribution in [3.8, 4) is 5.75 Å². The second-order valence-electron chi connectivity index (χ2n) is 5.92. The molecule has 1 aliphatic rings. The maximum atomic E-state index is 12.4. The average molecular weight is 307 g/mol. The molecule has 1 atom stereocenters. The minimum Gasteiger partial charge on any atom is -0.508 e. The molecule has 1 amide bonds. The number of phenols is 1. The first-order valence-electron chi connectivity index (χ1n) is 7.30. The summed E-state index contributed by atoms with van der Waals surface area (Å²) in [7, 11) is 0. The van der Waals surface area contributed by atoms with Crippen LogP contribution in [0.3, 0.4) is 0 Å². The SMILES string of the molecule is Cc1cc(O)c(C(C)C)cc1NC(=O)C1(C(=O)O)CCCO1. The zero-order valence-electron chi connectivity index (χ0n) is 13.0. The highest BCUT2D eigenvalue weighted by Gasteiger charge is 2.50. The number of amides is 1. The van der Waals surface area contributed by atoms with Gasteiger partial charge in [-0.05, 0) is 48.9 Å². The predicted molar refractivity (Wildman–Crippen MR) is 81.1 cm³/mol. The molecule has 1 heterocycles. The van der Waals surface area contributed by atoms with Crippen LogP contribution in [-0.4, -0.2) is 34.3 Å². The van der Waals surface area contributed by atoms with Gasteiger partial charge in [0.2, 0.25) is 5.60 Å². The highest BCUT2D eigenvalue weighted by atomic mass is 16.5. The summed E-state index contributed by atoms with van der Waals surface area (Å²) in [6, 6.07) is 3.24. The molecule has 2 rings (SSSR count). The summed E-state index contributed by atoms with van der Waals surface area (Å²) in [5.41, 5.74) is 0.0245. The van der Waals surface area contributed by atoms with E-state index in [0.29, 0.717) is 23.2 Å². The van der Waals surface area contributed by atoms with Crippen molar-refractivity contribution in [1.29, 1.82) is 0 Å². The first-order valence-corrected chi connectivity index (χ1v) is 7.30. The number of aromatic hydroxyl groups is 1. The van der Waals surface area contributed by atoms with E-state index in [9.17, 15) is 19.8 Å². The Morgan fingerprint density at radius 1 is 1.36 bits per heavy atom. The molecule has 0 bridgehead atoms. The minimum absolute atomic E-state index is 0.0763. The summed E-state index contributed by atoms with van der Waals surface area (Å²) in [6.07, 6.45) is 0.688. The fraction of sp³-hybridized carbons (Fsp3) is 0.500. The molecule has 0 spiro atoms. The fourth-order valence-electron chi connectivity index (χ4n) is 2.61. The van der Waals surface area contributed by atoms with Crippen LogP contribution in [0.4, 0.5) is 5.69 Å². The van der Waals surface area contributed by atoms with Gasteiger partial charge in [-0.3, -0.25) is 4.79 Å². The van der Waals surface area contributed by atoms with Crippen molar-refractivity contribution in [3.63, 3.8) is 0 Å². The Bertz CT molecular complexity index is 603. The van der Waals surface area contributed by atoms with Crippen LogP contribution in [-0.2, 0) is 14.3 Å². The van der Waals surface area contributed by atoms with Crippen LogP contribution in [0.1, 0.15) is 43.7 Å². The Balaban J connectivity index is 2.32. The van der Waals surface area contributed by atoms with E-state index in [0.717, 1.165) is 0 Å². The van der Waals surface area contributed by atoms with Crippen molar-refractivity contribution >= 4 is 17.6 Å². The number of rotatable bonds is 4. The molecule has 1 aromatic carbocycles. The summed E-state index contributed by atoms with van der Waals surface area (Å²) < 4.78 is 5.22. The van der Waals surface area contributed by atoms with Crippen LogP contribution >= 0.6 is 0 Å². The van der Waals surface area contributed by atoms with Crippen LogP contribution in [0.15, 0.2) is 12.1 Å². The lowest BCUT2D eigenvalue weighted by molar-refractivity contribution is -0.165. The summed E-state index contributed by atoms with van der Waals surface area (Å²) in [5, 5.41) is 21.9. The van der Waals surface area contributed by atoms with Crippen LogP contribution in [0.2, 0.25) is 0 Å². The number of aliphatic carboxylic acids is 1. The molecule has 1 aromatic rings. The van der Waals surface area contributed by atoms with Crippen molar-refractivity contribution in [2.45, 2.75) is 45.1 Å². The maximum Gasteiger partial charge on any atom is 0.345 e. The first-order chi connectivity index (χ1) is 10.3. The summed E-state index contributed by atoms with van der Waals surface area (Å²) in [5.74, 6) is -1.72. The van der Waals surface area contributed by atoms with E-state index < -0.39 is 17.5 Å². The third kappa shape index (κ3) is 2.78. The van der Waals surface area contributed by atoms with Crippen LogP contribution in [0.5, 0.6) is 5.75 Å². The predicted octanol–water partition coefficient (Wildman–Crippen LogP) is 2.40. The number of hydrogen-bond acceptors (Lipinski definition) is 4. The van der Waals surface area contributed by atoms with Gasteiger partial charge < -0.3 is 20.3 Å². The van der Waals surface area contributed by atoms with Crippen molar-refractivity contribution in [1.82, 2.24) is 0 Å². The number of anilines is 1. The number of hydrogen-bond donors (Lipinski definition) is 3. The molecule has 0 aliphatic carbocycles. The molecule has 3 N–H and O–H groups in total. The minimum atomic E-state index is -1.82. The van der Waals surface area contributed by atoms with E-state index in [-0.39, 0.29) is 24.7 Å². The number of nitrogens with one attached hydrogen (secondary N) is 1. The van der Waals surface area contributed by atoms with Gasteiger partial charge in [-0.2, -0.15) is 0 Å². The molecular formula is C16H21NO5. The van der Waals surface area contributed by atoms with Gasteiger partial charge in [-0.1, -0.05) is 13.8 Å². The number of aryl methyl sites for hydroxylation is 1. The van der Waals surface area contributed by atoms with Crippen molar-refractivity contribution in [2.75, 3.05) is 11.9 Å². The number of carbonyl (C=O) groups excluding carboxylic acids is 1. The quantitative estimate of drug-likeness (QED) is 0.586. The molecule has 6 heteroatoms. The van der Waals surface area contributed by atoms with E-state index in [2.05, 4.69) is 5.32 Å². The number of carboxylic acids is 1. The summed E-state index contributed by atoms with van der Waals surface area (Å²) >= 11 is 0. The van der Waals surface area contributed by atoms with Crippen LogP contribution in [0.25, 0.3) is 0 Å². The highest BCUT2D eigenvalue weighted by molar-refractivity contribution is 6.12. The van der Waals surface area contributed by atoms with Crippen molar-refractivity contribution in [3.05, 3.63) is 23.3 Å². The largest absolute Gasteiger partial charge is 0.508 e. The normalized spacial score (nSPS) is 21.1. The standard InChI is InChI=1S/C16H21NO5/c1-9(2)11-8-12(10(3)7-13(11)18)17-14(19)16(15(20)21)5-4-6-22-16/h7-9,18H,4-6H2,1-3H3,(H,17,19)(H,20,21). The molecule has 1 aliphatic heterocycles. The number of phenolic OH excluding ortho intramolecular Hbond substituents is 1. The average Bonchev–Trinajstić information content (AvgIpc) is 2.92. The van der Waals surface area contributed by atoms with Gasteiger partial charge in [0.05, 0.1) is 0 Å². The smallest absolute Gasteiger partial charge is 0.345 e.